The van der Waals surface area contributed by atoms with Gasteiger partial charge in [0.1, 0.15) is 6.61 Å². The molecule has 1 fully saturated rings. The molecule has 148 valence electrons. The summed E-state index contributed by atoms with van der Waals surface area (Å²) in [6.07, 6.45) is 6.93. The van der Waals surface area contributed by atoms with Gasteiger partial charge in [0.25, 0.3) is 11.1 Å². The van der Waals surface area contributed by atoms with Crippen molar-refractivity contribution in [2.75, 3.05) is 13.7 Å². The summed E-state index contributed by atoms with van der Waals surface area (Å²) in [6, 6.07) is 11.2. The number of aryl methyl sites for hydroxylation is 1. The fourth-order valence-corrected chi connectivity index (χ4v) is 4.17. The number of hydrogen-bond acceptors (Lipinski definition) is 5. The molecule has 2 aromatic rings. The van der Waals surface area contributed by atoms with E-state index in [1.165, 1.54) is 12.0 Å². The quantitative estimate of drug-likeness (QED) is 0.437. The van der Waals surface area contributed by atoms with E-state index in [1.54, 1.807) is 18.2 Å². The van der Waals surface area contributed by atoms with E-state index in [0.29, 0.717) is 22.0 Å². The number of hydrogen-bond donors (Lipinski definition) is 0. The SMILES string of the molecule is C#CCOc1c(/C=C2\SC(=O)N(Cc3cccc(C)c3)C2=O)cc(Br)cc1OC. The molecular formula is C22H18BrNO4S. The average Bonchev–Trinajstić information content (AvgIpc) is 2.94. The summed E-state index contributed by atoms with van der Waals surface area (Å²) >= 11 is 4.32. The van der Waals surface area contributed by atoms with E-state index in [2.05, 4.69) is 21.9 Å². The number of amides is 2. The fraction of sp³-hybridized carbons (Fsp3) is 0.182. The molecule has 1 aliphatic rings. The third kappa shape index (κ3) is 4.84. The number of benzene rings is 2. The van der Waals surface area contributed by atoms with Crippen LogP contribution in [0, 0.1) is 19.3 Å². The maximum atomic E-state index is 12.9. The third-order valence-corrected chi connectivity index (χ3v) is 5.52. The number of carbonyl (C=O) groups is 2. The molecule has 2 amide bonds. The van der Waals surface area contributed by atoms with Gasteiger partial charge in [0.15, 0.2) is 11.5 Å². The zero-order chi connectivity index (χ0) is 21.0. The molecule has 29 heavy (non-hydrogen) atoms. The number of terminal acetylenes is 1. The first-order valence-electron chi connectivity index (χ1n) is 8.67. The van der Waals surface area contributed by atoms with Crippen molar-refractivity contribution in [2.45, 2.75) is 13.5 Å². The van der Waals surface area contributed by atoms with Crippen LogP contribution in [0.15, 0.2) is 45.8 Å². The van der Waals surface area contributed by atoms with Gasteiger partial charge in [-0.25, -0.2) is 0 Å². The highest BCUT2D eigenvalue weighted by molar-refractivity contribution is 9.10. The van der Waals surface area contributed by atoms with Crippen molar-refractivity contribution in [3.63, 3.8) is 0 Å². The zero-order valence-electron chi connectivity index (χ0n) is 15.9. The van der Waals surface area contributed by atoms with Crippen LogP contribution >= 0.6 is 27.7 Å². The number of methoxy groups -OCH3 is 1. The van der Waals surface area contributed by atoms with Crippen molar-refractivity contribution >= 4 is 44.9 Å². The van der Waals surface area contributed by atoms with Crippen molar-refractivity contribution in [3.05, 3.63) is 62.5 Å². The Balaban J connectivity index is 1.93. The minimum Gasteiger partial charge on any atom is -0.493 e. The molecule has 0 unspecified atom stereocenters. The average molecular weight is 472 g/mol. The number of halogens is 1. The van der Waals surface area contributed by atoms with Crippen molar-refractivity contribution < 1.29 is 19.1 Å². The lowest BCUT2D eigenvalue weighted by Crippen LogP contribution is -2.27. The van der Waals surface area contributed by atoms with Gasteiger partial charge in [-0.3, -0.25) is 14.5 Å². The van der Waals surface area contributed by atoms with Crippen LogP contribution in [0.5, 0.6) is 11.5 Å². The standard InChI is InChI=1S/C22H18BrNO4S/c1-4-8-28-20-16(10-17(23)12-18(20)27-3)11-19-21(25)24(22(26)29-19)13-15-7-5-6-14(2)9-15/h1,5-7,9-12H,8,13H2,2-3H3/b19-11-. The van der Waals surface area contributed by atoms with E-state index in [0.717, 1.165) is 27.4 Å². The van der Waals surface area contributed by atoms with Crippen molar-refractivity contribution in [3.8, 4) is 23.8 Å². The Hall–Kier alpha value is -2.69. The number of ether oxygens (including phenoxy) is 2. The Morgan fingerprint density at radius 2 is 2.07 bits per heavy atom. The van der Waals surface area contributed by atoms with Gasteiger partial charge in [-0.2, -0.15) is 0 Å². The van der Waals surface area contributed by atoms with E-state index in [-0.39, 0.29) is 24.3 Å². The Bertz CT molecular complexity index is 1040. The second kappa shape index (κ2) is 9.21. The molecule has 0 N–H and O–H groups in total. The van der Waals surface area contributed by atoms with Gasteiger partial charge in [-0.05, 0) is 42.5 Å². The molecule has 2 aromatic carbocycles. The van der Waals surface area contributed by atoms with Crippen molar-refractivity contribution in [2.24, 2.45) is 0 Å². The molecule has 1 aliphatic heterocycles. The predicted octanol–water partition coefficient (Wildman–Crippen LogP) is 5.01. The minimum absolute atomic E-state index is 0.0493. The van der Waals surface area contributed by atoms with Gasteiger partial charge < -0.3 is 9.47 Å². The number of rotatable bonds is 6. The topological polar surface area (TPSA) is 55.8 Å². The second-order valence-corrected chi connectivity index (χ2v) is 8.18. The lowest BCUT2D eigenvalue weighted by molar-refractivity contribution is -0.123. The zero-order valence-corrected chi connectivity index (χ0v) is 18.3. The highest BCUT2D eigenvalue weighted by Gasteiger charge is 2.35. The summed E-state index contributed by atoms with van der Waals surface area (Å²) in [5.41, 5.74) is 2.56. The molecule has 3 rings (SSSR count). The largest absolute Gasteiger partial charge is 0.493 e. The Kier molecular flexibility index (Phi) is 6.68. The van der Waals surface area contributed by atoms with Crippen LogP contribution in [0.2, 0.25) is 0 Å². The molecule has 0 atom stereocenters. The molecule has 0 aliphatic carbocycles. The van der Waals surface area contributed by atoms with E-state index >= 15 is 0 Å². The van der Waals surface area contributed by atoms with Gasteiger partial charge in [-0.15, -0.1) is 6.42 Å². The number of carbonyl (C=O) groups excluding carboxylic acids is 2. The molecule has 0 bridgehead atoms. The summed E-state index contributed by atoms with van der Waals surface area (Å²) in [5, 5.41) is -0.309. The first-order valence-corrected chi connectivity index (χ1v) is 10.3. The predicted molar refractivity (Wildman–Crippen MR) is 118 cm³/mol. The normalized spacial score (nSPS) is 15.0. The molecule has 0 spiro atoms. The van der Waals surface area contributed by atoms with Crippen LogP contribution in [0.3, 0.4) is 0 Å². The first-order chi connectivity index (χ1) is 13.9. The summed E-state index contributed by atoms with van der Waals surface area (Å²) in [7, 11) is 1.52. The highest BCUT2D eigenvalue weighted by Crippen LogP contribution is 2.39. The first kappa shape index (κ1) is 21.0. The lowest BCUT2D eigenvalue weighted by atomic mass is 10.1. The monoisotopic (exact) mass is 471 g/mol. The fourth-order valence-electron chi connectivity index (χ4n) is 2.89. The molecule has 0 saturated carbocycles. The molecule has 7 heteroatoms. The molecule has 0 aromatic heterocycles. The third-order valence-electron chi connectivity index (χ3n) is 4.15. The maximum absolute atomic E-state index is 12.9. The summed E-state index contributed by atoms with van der Waals surface area (Å²) < 4.78 is 11.7. The smallest absolute Gasteiger partial charge is 0.293 e. The van der Waals surface area contributed by atoms with E-state index < -0.39 is 0 Å². The summed E-state index contributed by atoms with van der Waals surface area (Å²) in [6.45, 7) is 2.25. The minimum atomic E-state index is -0.344. The van der Waals surface area contributed by atoms with Crippen LogP contribution in [0.1, 0.15) is 16.7 Å². The van der Waals surface area contributed by atoms with Gasteiger partial charge in [0.2, 0.25) is 0 Å². The molecule has 0 radical (unpaired) electrons. The Morgan fingerprint density at radius 1 is 1.28 bits per heavy atom. The highest BCUT2D eigenvalue weighted by atomic mass is 79.9. The van der Waals surface area contributed by atoms with Gasteiger partial charge in [-0.1, -0.05) is 51.7 Å². The van der Waals surface area contributed by atoms with Crippen LogP contribution < -0.4 is 9.47 Å². The molecule has 5 nitrogen and oxygen atoms in total. The van der Waals surface area contributed by atoms with Crippen molar-refractivity contribution in [1.29, 1.82) is 0 Å². The second-order valence-electron chi connectivity index (χ2n) is 6.28. The van der Waals surface area contributed by atoms with Gasteiger partial charge in [0, 0.05) is 10.0 Å². The Labute approximate surface area is 182 Å². The number of thioether (sulfide) groups is 1. The summed E-state index contributed by atoms with van der Waals surface area (Å²) in [5.74, 6) is 2.96. The van der Waals surface area contributed by atoms with E-state index in [9.17, 15) is 9.59 Å². The maximum Gasteiger partial charge on any atom is 0.293 e. The van der Waals surface area contributed by atoms with Gasteiger partial charge in [0.05, 0.1) is 18.6 Å². The summed E-state index contributed by atoms with van der Waals surface area (Å²) in [4.78, 5) is 26.9. The van der Waals surface area contributed by atoms with Crippen LogP contribution in [-0.4, -0.2) is 29.8 Å². The number of imide groups is 1. The van der Waals surface area contributed by atoms with Crippen LogP contribution in [0.25, 0.3) is 6.08 Å². The number of nitrogens with zero attached hydrogens (tertiary/aromatic N) is 1. The lowest BCUT2D eigenvalue weighted by Gasteiger charge is -2.14. The van der Waals surface area contributed by atoms with Gasteiger partial charge >= 0.3 is 0 Å². The van der Waals surface area contributed by atoms with Crippen LogP contribution in [-0.2, 0) is 11.3 Å². The van der Waals surface area contributed by atoms with Crippen molar-refractivity contribution in [1.82, 2.24) is 4.90 Å². The molecule has 1 heterocycles. The van der Waals surface area contributed by atoms with E-state index in [1.807, 2.05) is 31.2 Å². The van der Waals surface area contributed by atoms with Crippen LogP contribution in [0.4, 0.5) is 4.79 Å². The molecular weight excluding hydrogens is 454 g/mol. The Morgan fingerprint density at radius 3 is 2.76 bits per heavy atom. The molecule has 1 saturated heterocycles. The van der Waals surface area contributed by atoms with E-state index in [4.69, 9.17) is 15.9 Å².